The number of carbonyl (C=O) groups excluding carboxylic acids is 1. The highest BCUT2D eigenvalue weighted by Crippen LogP contribution is 2.10. The first-order valence-electron chi connectivity index (χ1n) is 6.33. The van der Waals surface area contributed by atoms with Crippen LogP contribution in [0.3, 0.4) is 0 Å². The third kappa shape index (κ3) is 7.40. The molecule has 0 rings (SSSR count). The van der Waals surface area contributed by atoms with Crippen LogP contribution in [0.2, 0.25) is 0 Å². The van der Waals surface area contributed by atoms with Crippen LogP contribution in [0.15, 0.2) is 0 Å². The largest absolute Gasteiger partial charge is 0.345 e. The Kier molecular flexibility index (Phi) is 8.44. The van der Waals surface area contributed by atoms with E-state index in [1.165, 1.54) is 12.8 Å². The smallest absolute Gasteiger partial charge is 0.209 e. The van der Waals surface area contributed by atoms with Gasteiger partial charge in [0.15, 0.2) is 0 Å². The highest BCUT2D eigenvalue weighted by molar-refractivity contribution is 5.46. The monoisotopic (exact) mass is 213 g/mol. The minimum atomic E-state index is 0.732. The molecule has 1 amide bonds. The summed E-state index contributed by atoms with van der Waals surface area (Å²) in [7, 11) is 0. The predicted molar refractivity (Wildman–Crippen MR) is 65.8 cm³/mol. The van der Waals surface area contributed by atoms with Crippen LogP contribution in [0.1, 0.15) is 53.4 Å². The Morgan fingerprint density at radius 2 is 1.40 bits per heavy atom. The summed E-state index contributed by atoms with van der Waals surface area (Å²) in [6.45, 7) is 10.8. The summed E-state index contributed by atoms with van der Waals surface area (Å²) >= 11 is 0. The summed E-state index contributed by atoms with van der Waals surface area (Å²) < 4.78 is 0. The molecule has 2 heteroatoms. The molecule has 15 heavy (non-hydrogen) atoms. The second-order valence-electron chi connectivity index (χ2n) is 4.75. The molecule has 0 bridgehead atoms. The van der Waals surface area contributed by atoms with E-state index in [2.05, 4.69) is 27.7 Å². The molecule has 0 heterocycles. The highest BCUT2D eigenvalue weighted by Gasteiger charge is 2.06. The standard InChI is InChI=1S/C13H27NO/c1-5-12(3)7-9-14(11-15)10-8-13(4)6-2/h11-13H,5-10H2,1-4H3. The zero-order chi connectivity index (χ0) is 11.7. The van der Waals surface area contributed by atoms with Gasteiger partial charge in [-0.25, -0.2) is 0 Å². The predicted octanol–water partition coefficient (Wildman–Crippen LogP) is 3.32. The highest BCUT2D eigenvalue weighted by atomic mass is 16.1. The van der Waals surface area contributed by atoms with E-state index in [0.717, 1.165) is 44.2 Å². The number of amides is 1. The minimum Gasteiger partial charge on any atom is -0.345 e. The van der Waals surface area contributed by atoms with Crippen molar-refractivity contribution in [3.8, 4) is 0 Å². The van der Waals surface area contributed by atoms with Crippen LogP contribution in [0.25, 0.3) is 0 Å². The molecule has 0 radical (unpaired) electrons. The zero-order valence-electron chi connectivity index (χ0n) is 10.8. The number of carbonyl (C=O) groups is 1. The summed E-state index contributed by atoms with van der Waals surface area (Å²) in [6.07, 6.45) is 5.69. The quantitative estimate of drug-likeness (QED) is 0.538. The second kappa shape index (κ2) is 8.75. The lowest BCUT2D eigenvalue weighted by atomic mass is 10.0. The van der Waals surface area contributed by atoms with Gasteiger partial charge in [-0.05, 0) is 24.7 Å². The van der Waals surface area contributed by atoms with Crippen molar-refractivity contribution in [2.75, 3.05) is 13.1 Å². The number of hydrogen-bond donors (Lipinski definition) is 0. The van der Waals surface area contributed by atoms with E-state index >= 15 is 0 Å². The van der Waals surface area contributed by atoms with Gasteiger partial charge in [0.2, 0.25) is 6.41 Å². The van der Waals surface area contributed by atoms with Gasteiger partial charge >= 0.3 is 0 Å². The fourth-order valence-corrected chi connectivity index (χ4v) is 1.40. The van der Waals surface area contributed by atoms with Crippen molar-refractivity contribution in [3.63, 3.8) is 0 Å². The normalized spacial score (nSPS) is 14.7. The molecular weight excluding hydrogens is 186 g/mol. The third-order valence-electron chi connectivity index (χ3n) is 3.36. The molecule has 0 saturated carbocycles. The van der Waals surface area contributed by atoms with E-state index in [1.54, 1.807) is 0 Å². The summed E-state index contributed by atoms with van der Waals surface area (Å²) in [5.74, 6) is 1.46. The van der Waals surface area contributed by atoms with E-state index in [9.17, 15) is 4.79 Å². The Bertz CT molecular complexity index is 145. The molecule has 0 fully saturated rings. The van der Waals surface area contributed by atoms with Crippen LogP contribution < -0.4 is 0 Å². The van der Waals surface area contributed by atoms with Crippen molar-refractivity contribution in [1.82, 2.24) is 4.90 Å². The van der Waals surface area contributed by atoms with Crippen LogP contribution >= 0.6 is 0 Å². The van der Waals surface area contributed by atoms with Crippen LogP contribution in [0.5, 0.6) is 0 Å². The maximum absolute atomic E-state index is 10.8. The molecule has 0 aliphatic rings. The summed E-state index contributed by atoms with van der Waals surface area (Å²) in [4.78, 5) is 12.8. The molecule has 2 unspecified atom stereocenters. The lowest BCUT2D eigenvalue weighted by Gasteiger charge is -2.20. The fourth-order valence-electron chi connectivity index (χ4n) is 1.40. The van der Waals surface area contributed by atoms with Crippen LogP contribution in [0, 0.1) is 11.8 Å². The van der Waals surface area contributed by atoms with Gasteiger partial charge in [-0.1, -0.05) is 40.5 Å². The molecule has 0 aromatic carbocycles. The van der Waals surface area contributed by atoms with Gasteiger partial charge in [-0.15, -0.1) is 0 Å². The van der Waals surface area contributed by atoms with Crippen LogP contribution in [0.4, 0.5) is 0 Å². The summed E-state index contributed by atoms with van der Waals surface area (Å²) in [6, 6.07) is 0. The summed E-state index contributed by atoms with van der Waals surface area (Å²) in [5.41, 5.74) is 0. The number of nitrogens with zero attached hydrogens (tertiary/aromatic N) is 1. The van der Waals surface area contributed by atoms with Gasteiger partial charge in [-0.2, -0.15) is 0 Å². The Labute approximate surface area is 95.0 Å². The molecule has 0 N–H and O–H groups in total. The van der Waals surface area contributed by atoms with Crippen molar-refractivity contribution in [2.24, 2.45) is 11.8 Å². The van der Waals surface area contributed by atoms with E-state index in [4.69, 9.17) is 0 Å². The van der Waals surface area contributed by atoms with Crippen molar-refractivity contribution in [3.05, 3.63) is 0 Å². The third-order valence-corrected chi connectivity index (χ3v) is 3.36. The topological polar surface area (TPSA) is 20.3 Å². The van der Waals surface area contributed by atoms with Crippen LogP contribution in [-0.4, -0.2) is 24.4 Å². The molecule has 90 valence electrons. The first kappa shape index (κ1) is 14.5. The molecular formula is C13H27NO. The summed E-state index contributed by atoms with van der Waals surface area (Å²) in [5, 5.41) is 0. The van der Waals surface area contributed by atoms with E-state index in [1.807, 2.05) is 4.90 Å². The second-order valence-corrected chi connectivity index (χ2v) is 4.75. The van der Waals surface area contributed by atoms with Gasteiger partial charge in [0.25, 0.3) is 0 Å². The lowest BCUT2D eigenvalue weighted by molar-refractivity contribution is -0.118. The first-order valence-corrected chi connectivity index (χ1v) is 6.33. The van der Waals surface area contributed by atoms with E-state index in [0.29, 0.717) is 0 Å². The average molecular weight is 213 g/mol. The fraction of sp³-hybridized carbons (Fsp3) is 0.923. The molecule has 0 aromatic rings. The van der Waals surface area contributed by atoms with Crippen molar-refractivity contribution >= 4 is 6.41 Å². The van der Waals surface area contributed by atoms with Crippen molar-refractivity contribution in [1.29, 1.82) is 0 Å². The van der Waals surface area contributed by atoms with Crippen molar-refractivity contribution in [2.45, 2.75) is 53.4 Å². The molecule has 0 aliphatic carbocycles. The van der Waals surface area contributed by atoms with E-state index < -0.39 is 0 Å². The van der Waals surface area contributed by atoms with Gasteiger partial charge < -0.3 is 4.90 Å². The maximum atomic E-state index is 10.8. The molecule has 0 aromatic heterocycles. The SMILES string of the molecule is CCC(C)CCN(C=O)CCC(C)CC. The van der Waals surface area contributed by atoms with E-state index in [-0.39, 0.29) is 0 Å². The molecule has 2 atom stereocenters. The average Bonchev–Trinajstić information content (AvgIpc) is 2.28. The zero-order valence-corrected chi connectivity index (χ0v) is 10.8. The van der Waals surface area contributed by atoms with Gasteiger partial charge in [0, 0.05) is 13.1 Å². The Hall–Kier alpha value is -0.530. The lowest BCUT2D eigenvalue weighted by Crippen LogP contribution is -2.26. The first-order chi connectivity index (χ1) is 7.13. The van der Waals surface area contributed by atoms with Gasteiger partial charge in [0.1, 0.15) is 0 Å². The maximum Gasteiger partial charge on any atom is 0.209 e. The number of rotatable bonds is 9. The molecule has 0 saturated heterocycles. The molecule has 0 spiro atoms. The Balaban J connectivity index is 3.68. The van der Waals surface area contributed by atoms with Gasteiger partial charge in [0.05, 0.1) is 0 Å². The molecule has 2 nitrogen and oxygen atoms in total. The van der Waals surface area contributed by atoms with Crippen LogP contribution in [-0.2, 0) is 4.79 Å². The van der Waals surface area contributed by atoms with Gasteiger partial charge in [-0.3, -0.25) is 4.79 Å². The molecule has 0 aliphatic heterocycles. The number of hydrogen-bond acceptors (Lipinski definition) is 1. The Morgan fingerprint density at radius 3 is 1.67 bits per heavy atom. The minimum absolute atomic E-state index is 0.732. The Morgan fingerprint density at radius 1 is 1.00 bits per heavy atom. The van der Waals surface area contributed by atoms with Crippen molar-refractivity contribution < 1.29 is 4.79 Å².